The molecule has 0 saturated heterocycles. The minimum Gasteiger partial charge on any atom is -0.310 e. The minimum atomic E-state index is 0.665. The third-order valence-electron chi connectivity index (χ3n) is 3.53. The summed E-state index contributed by atoms with van der Waals surface area (Å²) in [7, 11) is 0. The monoisotopic (exact) mass is 315 g/mol. The van der Waals surface area contributed by atoms with Gasteiger partial charge >= 0.3 is 0 Å². The van der Waals surface area contributed by atoms with Crippen molar-refractivity contribution in [2.45, 2.75) is 45.2 Å². The van der Waals surface area contributed by atoms with Crippen LogP contribution in [0.1, 0.15) is 38.2 Å². The smallest absolute Gasteiger partial charge is 0.0462 e. The molecule has 2 atom stereocenters. The zero-order valence-electron chi connectivity index (χ0n) is 10.2. The lowest BCUT2D eigenvalue weighted by Gasteiger charge is -2.27. The van der Waals surface area contributed by atoms with Gasteiger partial charge in [-0.2, -0.15) is 0 Å². The first-order valence-electron chi connectivity index (χ1n) is 6.32. The number of benzene rings is 1. The average Bonchev–Trinajstić information content (AvgIpc) is 2.28. The van der Waals surface area contributed by atoms with Gasteiger partial charge in [0, 0.05) is 22.1 Å². The molecule has 0 amide bonds. The Balaban J connectivity index is 1.88. The molecule has 1 saturated carbocycles. The molecule has 0 aromatic heterocycles. The second-order valence-corrected chi connectivity index (χ2v) is 6.41. The van der Waals surface area contributed by atoms with E-state index in [9.17, 15) is 0 Å². The molecule has 1 aromatic rings. The number of rotatable bonds is 3. The maximum atomic E-state index is 6.21. The van der Waals surface area contributed by atoms with Crippen LogP contribution in [0, 0.1) is 5.92 Å². The van der Waals surface area contributed by atoms with Gasteiger partial charge < -0.3 is 5.32 Å². The number of nitrogens with one attached hydrogen (secondary N) is 1. The Hall–Kier alpha value is -0.0500. The second kappa shape index (κ2) is 6.21. The van der Waals surface area contributed by atoms with Gasteiger partial charge in [-0.25, -0.2) is 0 Å². The maximum absolute atomic E-state index is 6.21. The maximum Gasteiger partial charge on any atom is 0.0462 e. The van der Waals surface area contributed by atoms with Gasteiger partial charge in [0.15, 0.2) is 0 Å². The van der Waals surface area contributed by atoms with E-state index < -0.39 is 0 Å². The van der Waals surface area contributed by atoms with Crippen LogP contribution in [0.15, 0.2) is 22.7 Å². The van der Waals surface area contributed by atoms with Crippen molar-refractivity contribution in [3.05, 3.63) is 33.3 Å². The SMILES string of the molecule is CC1CCCC(NCc2ccc(Br)cc2Cl)C1. The molecule has 0 heterocycles. The summed E-state index contributed by atoms with van der Waals surface area (Å²) in [4.78, 5) is 0. The van der Waals surface area contributed by atoms with Gasteiger partial charge in [-0.1, -0.05) is 53.4 Å². The highest BCUT2D eigenvalue weighted by atomic mass is 79.9. The van der Waals surface area contributed by atoms with Crippen molar-refractivity contribution in [2.75, 3.05) is 0 Å². The van der Waals surface area contributed by atoms with Crippen molar-refractivity contribution in [1.82, 2.24) is 5.32 Å². The van der Waals surface area contributed by atoms with Crippen molar-refractivity contribution >= 4 is 27.5 Å². The molecule has 94 valence electrons. The van der Waals surface area contributed by atoms with E-state index in [1.165, 1.54) is 31.2 Å². The van der Waals surface area contributed by atoms with Crippen LogP contribution in [0.3, 0.4) is 0 Å². The number of halogens is 2. The molecule has 0 spiro atoms. The lowest BCUT2D eigenvalue weighted by molar-refractivity contribution is 0.300. The van der Waals surface area contributed by atoms with Crippen LogP contribution in [-0.2, 0) is 6.54 Å². The largest absolute Gasteiger partial charge is 0.310 e. The quantitative estimate of drug-likeness (QED) is 0.847. The summed E-state index contributed by atoms with van der Waals surface area (Å²) in [5, 5.41) is 4.47. The lowest BCUT2D eigenvalue weighted by Crippen LogP contribution is -2.33. The molecule has 1 N–H and O–H groups in total. The molecule has 17 heavy (non-hydrogen) atoms. The molecule has 2 rings (SSSR count). The third-order valence-corrected chi connectivity index (χ3v) is 4.38. The average molecular weight is 317 g/mol. The van der Waals surface area contributed by atoms with Gasteiger partial charge in [-0.3, -0.25) is 0 Å². The highest BCUT2D eigenvalue weighted by Gasteiger charge is 2.18. The van der Waals surface area contributed by atoms with E-state index >= 15 is 0 Å². The Kier molecular flexibility index (Phi) is 4.89. The molecule has 1 fully saturated rings. The van der Waals surface area contributed by atoms with Crippen molar-refractivity contribution in [3.63, 3.8) is 0 Å². The predicted molar refractivity (Wildman–Crippen MR) is 77.4 cm³/mol. The summed E-state index contributed by atoms with van der Waals surface area (Å²) >= 11 is 9.63. The molecule has 1 nitrogen and oxygen atoms in total. The van der Waals surface area contributed by atoms with Crippen molar-refractivity contribution in [1.29, 1.82) is 0 Å². The molecular formula is C14H19BrClN. The van der Waals surface area contributed by atoms with Crippen LogP contribution < -0.4 is 5.32 Å². The van der Waals surface area contributed by atoms with Crippen LogP contribution in [0.2, 0.25) is 5.02 Å². The topological polar surface area (TPSA) is 12.0 Å². The molecule has 0 aliphatic heterocycles. The summed E-state index contributed by atoms with van der Waals surface area (Å²) in [6, 6.07) is 6.76. The first-order chi connectivity index (χ1) is 8.15. The Morgan fingerprint density at radius 1 is 1.41 bits per heavy atom. The Labute approximate surface area is 117 Å². The van der Waals surface area contributed by atoms with E-state index in [4.69, 9.17) is 11.6 Å². The van der Waals surface area contributed by atoms with Crippen LogP contribution in [0.5, 0.6) is 0 Å². The summed E-state index contributed by atoms with van der Waals surface area (Å²) < 4.78 is 1.04. The fraction of sp³-hybridized carbons (Fsp3) is 0.571. The Morgan fingerprint density at radius 2 is 2.24 bits per heavy atom. The molecule has 1 aromatic carbocycles. The third kappa shape index (κ3) is 3.97. The second-order valence-electron chi connectivity index (χ2n) is 5.09. The highest BCUT2D eigenvalue weighted by Crippen LogP contribution is 2.25. The number of hydrogen-bond donors (Lipinski definition) is 1. The highest BCUT2D eigenvalue weighted by molar-refractivity contribution is 9.10. The van der Waals surface area contributed by atoms with E-state index in [0.29, 0.717) is 6.04 Å². The Morgan fingerprint density at radius 3 is 2.94 bits per heavy atom. The van der Waals surface area contributed by atoms with Gasteiger partial charge in [-0.15, -0.1) is 0 Å². The van der Waals surface area contributed by atoms with E-state index in [-0.39, 0.29) is 0 Å². The van der Waals surface area contributed by atoms with E-state index in [2.05, 4.69) is 34.2 Å². The normalized spacial score (nSPS) is 24.9. The van der Waals surface area contributed by atoms with E-state index in [1.807, 2.05) is 12.1 Å². The van der Waals surface area contributed by atoms with E-state index in [0.717, 1.165) is 22.0 Å². The molecule has 3 heteroatoms. The first kappa shape index (κ1) is 13.4. The molecular weight excluding hydrogens is 298 g/mol. The summed E-state index contributed by atoms with van der Waals surface area (Å²) in [5.74, 6) is 0.863. The van der Waals surface area contributed by atoms with Gasteiger partial charge in [0.05, 0.1) is 0 Å². The molecule has 1 aliphatic rings. The van der Waals surface area contributed by atoms with Crippen LogP contribution in [0.25, 0.3) is 0 Å². The first-order valence-corrected chi connectivity index (χ1v) is 7.49. The van der Waals surface area contributed by atoms with Gasteiger partial charge in [0.2, 0.25) is 0 Å². The number of hydrogen-bond acceptors (Lipinski definition) is 1. The Bertz CT molecular complexity index is 380. The zero-order valence-corrected chi connectivity index (χ0v) is 12.5. The van der Waals surface area contributed by atoms with Crippen LogP contribution in [0.4, 0.5) is 0 Å². The molecule has 1 aliphatic carbocycles. The van der Waals surface area contributed by atoms with E-state index in [1.54, 1.807) is 0 Å². The van der Waals surface area contributed by atoms with Gasteiger partial charge in [0.1, 0.15) is 0 Å². The van der Waals surface area contributed by atoms with Crippen LogP contribution >= 0.6 is 27.5 Å². The summed E-state index contributed by atoms with van der Waals surface area (Å²) in [5.41, 5.74) is 1.19. The van der Waals surface area contributed by atoms with Crippen molar-refractivity contribution in [3.8, 4) is 0 Å². The lowest BCUT2D eigenvalue weighted by atomic mass is 9.87. The fourth-order valence-electron chi connectivity index (χ4n) is 2.54. The fourth-order valence-corrected chi connectivity index (χ4v) is 3.28. The van der Waals surface area contributed by atoms with Gasteiger partial charge in [0.25, 0.3) is 0 Å². The van der Waals surface area contributed by atoms with Crippen LogP contribution in [-0.4, -0.2) is 6.04 Å². The van der Waals surface area contributed by atoms with Crippen molar-refractivity contribution < 1.29 is 0 Å². The summed E-state index contributed by atoms with van der Waals surface area (Å²) in [6.07, 6.45) is 5.34. The zero-order chi connectivity index (χ0) is 12.3. The predicted octanol–water partition coefficient (Wildman–Crippen LogP) is 4.77. The van der Waals surface area contributed by atoms with Crippen molar-refractivity contribution in [2.24, 2.45) is 5.92 Å². The summed E-state index contributed by atoms with van der Waals surface area (Å²) in [6.45, 7) is 3.23. The minimum absolute atomic E-state index is 0.665. The molecule has 0 radical (unpaired) electrons. The molecule has 0 bridgehead atoms. The molecule has 2 unspecified atom stereocenters. The van der Waals surface area contributed by atoms with Gasteiger partial charge in [-0.05, 0) is 36.5 Å². The standard InChI is InChI=1S/C14H19BrClN/c1-10-3-2-4-13(7-10)17-9-11-5-6-12(15)8-14(11)16/h5-6,8,10,13,17H,2-4,7,9H2,1H3.